The molecule has 2 aromatic carbocycles. The van der Waals surface area contributed by atoms with Gasteiger partial charge in [0.15, 0.2) is 0 Å². The number of hydrogen-bond donors (Lipinski definition) is 2. The molecule has 28 heavy (non-hydrogen) atoms. The van der Waals surface area contributed by atoms with Crippen molar-refractivity contribution in [2.45, 2.75) is 46.0 Å². The van der Waals surface area contributed by atoms with Gasteiger partial charge in [-0.2, -0.15) is 0 Å². The molecule has 152 valence electrons. The third kappa shape index (κ3) is 4.68. The summed E-state index contributed by atoms with van der Waals surface area (Å²) in [7, 11) is 0. The van der Waals surface area contributed by atoms with Crippen molar-refractivity contribution in [3.05, 3.63) is 47.0 Å². The van der Waals surface area contributed by atoms with Gasteiger partial charge in [-0.25, -0.2) is 0 Å². The van der Waals surface area contributed by atoms with Gasteiger partial charge in [0.1, 0.15) is 24.7 Å². The van der Waals surface area contributed by atoms with Crippen molar-refractivity contribution in [1.29, 1.82) is 0 Å². The van der Waals surface area contributed by atoms with E-state index in [2.05, 4.69) is 19.9 Å². The Bertz CT molecular complexity index is 823. The Labute approximate surface area is 167 Å². The van der Waals surface area contributed by atoms with Gasteiger partial charge in [-0.1, -0.05) is 56.2 Å². The second kappa shape index (κ2) is 9.94. The lowest BCUT2D eigenvalue weighted by Crippen LogP contribution is -2.13. The first-order chi connectivity index (χ1) is 13.7. The molecule has 0 aliphatic heterocycles. The summed E-state index contributed by atoms with van der Waals surface area (Å²) in [5, 5.41) is 20.6. The lowest BCUT2D eigenvalue weighted by molar-refractivity contribution is 0.198. The molecule has 0 saturated carbocycles. The second-order valence-electron chi connectivity index (χ2n) is 7.83. The van der Waals surface area contributed by atoms with Gasteiger partial charge in [0, 0.05) is 21.9 Å². The van der Waals surface area contributed by atoms with Crippen molar-refractivity contribution < 1.29 is 19.7 Å². The average molecular weight is 385 g/mol. The maximum absolute atomic E-state index is 9.31. The third-order valence-electron chi connectivity index (χ3n) is 5.28. The highest BCUT2D eigenvalue weighted by atomic mass is 16.5. The zero-order valence-corrected chi connectivity index (χ0v) is 17.0. The van der Waals surface area contributed by atoms with E-state index in [1.807, 2.05) is 24.3 Å². The molecular weight excluding hydrogens is 352 g/mol. The standard InChI is InChI=1S/C24H32O4/c1-17(2)6-5-7-18-10-11-21-22(16-18)24(28-15-13-26)20-9-4-3-8-19(20)23(21)27-14-12-25/h3-4,8-10,17,25-26H,5-7,11-16H2,1-2H3. The zero-order chi connectivity index (χ0) is 19.9. The molecule has 0 atom stereocenters. The molecule has 0 radical (unpaired) electrons. The third-order valence-corrected chi connectivity index (χ3v) is 5.28. The summed E-state index contributed by atoms with van der Waals surface area (Å²) >= 11 is 0. The Kier molecular flexibility index (Phi) is 7.35. The number of allylic oxidation sites excluding steroid dienone is 2. The van der Waals surface area contributed by atoms with E-state index >= 15 is 0 Å². The van der Waals surface area contributed by atoms with Crippen LogP contribution >= 0.6 is 0 Å². The molecule has 1 aliphatic rings. The molecule has 0 unspecified atom stereocenters. The minimum Gasteiger partial charge on any atom is -0.490 e. The summed E-state index contributed by atoms with van der Waals surface area (Å²) in [6.45, 7) is 5.06. The quantitative estimate of drug-likeness (QED) is 0.595. The summed E-state index contributed by atoms with van der Waals surface area (Å²) in [5.41, 5.74) is 3.76. The first kappa shape index (κ1) is 20.7. The van der Waals surface area contributed by atoms with Crippen LogP contribution in [0.5, 0.6) is 11.5 Å². The van der Waals surface area contributed by atoms with Gasteiger partial charge in [-0.15, -0.1) is 0 Å². The molecule has 0 aromatic heterocycles. The van der Waals surface area contributed by atoms with Crippen molar-refractivity contribution >= 4 is 10.8 Å². The summed E-state index contributed by atoms with van der Waals surface area (Å²) < 4.78 is 12.0. The van der Waals surface area contributed by atoms with Gasteiger partial charge in [0.05, 0.1) is 13.2 Å². The Balaban J connectivity index is 2.01. The Hall–Kier alpha value is -2.04. The normalized spacial score (nSPS) is 13.5. The predicted molar refractivity (Wildman–Crippen MR) is 113 cm³/mol. The molecule has 2 aromatic rings. The lowest BCUT2D eigenvalue weighted by Gasteiger charge is -2.25. The van der Waals surface area contributed by atoms with E-state index in [4.69, 9.17) is 9.47 Å². The van der Waals surface area contributed by atoms with Crippen molar-refractivity contribution in [3.8, 4) is 11.5 Å². The Morgan fingerprint density at radius 1 is 0.929 bits per heavy atom. The van der Waals surface area contributed by atoms with Gasteiger partial charge < -0.3 is 19.7 Å². The average Bonchev–Trinajstić information content (AvgIpc) is 2.70. The lowest BCUT2D eigenvalue weighted by atomic mass is 9.85. The van der Waals surface area contributed by atoms with Gasteiger partial charge in [0.25, 0.3) is 0 Å². The summed E-state index contributed by atoms with van der Waals surface area (Å²) in [6.07, 6.45) is 7.55. The van der Waals surface area contributed by atoms with E-state index in [1.165, 1.54) is 24.0 Å². The van der Waals surface area contributed by atoms with Crippen LogP contribution in [0.3, 0.4) is 0 Å². The second-order valence-corrected chi connectivity index (χ2v) is 7.83. The SMILES string of the molecule is CC(C)CCCC1=CCc2c(c(OCCO)c3ccccc3c2OCCO)C1. The molecule has 4 nitrogen and oxygen atoms in total. The molecule has 0 bridgehead atoms. The molecule has 0 amide bonds. The summed E-state index contributed by atoms with van der Waals surface area (Å²) in [6, 6.07) is 8.08. The van der Waals surface area contributed by atoms with E-state index in [9.17, 15) is 10.2 Å². The fourth-order valence-electron chi connectivity index (χ4n) is 3.98. The summed E-state index contributed by atoms with van der Waals surface area (Å²) in [5.74, 6) is 2.45. The molecule has 4 heteroatoms. The highest BCUT2D eigenvalue weighted by Crippen LogP contribution is 2.44. The van der Waals surface area contributed by atoms with Crippen molar-refractivity contribution in [3.63, 3.8) is 0 Å². The van der Waals surface area contributed by atoms with E-state index in [-0.39, 0.29) is 26.4 Å². The number of ether oxygens (including phenoxy) is 2. The van der Waals surface area contributed by atoms with E-state index < -0.39 is 0 Å². The number of fused-ring (bicyclic) bond motifs is 2. The largest absolute Gasteiger partial charge is 0.490 e. The first-order valence-electron chi connectivity index (χ1n) is 10.4. The molecule has 0 saturated heterocycles. The van der Waals surface area contributed by atoms with Crippen LogP contribution < -0.4 is 9.47 Å². The fraction of sp³-hybridized carbons (Fsp3) is 0.500. The molecular formula is C24H32O4. The van der Waals surface area contributed by atoms with Gasteiger partial charge in [-0.3, -0.25) is 0 Å². The zero-order valence-electron chi connectivity index (χ0n) is 17.0. The summed E-state index contributed by atoms with van der Waals surface area (Å²) in [4.78, 5) is 0. The minimum absolute atomic E-state index is 0.0110. The molecule has 2 N–H and O–H groups in total. The van der Waals surface area contributed by atoms with E-state index in [1.54, 1.807) is 0 Å². The molecule has 0 heterocycles. The highest BCUT2D eigenvalue weighted by molar-refractivity contribution is 5.96. The van der Waals surface area contributed by atoms with E-state index in [0.717, 1.165) is 53.0 Å². The number of aliphatic hydroxyl groups is 2. The monoisotopic (exact) mass is 384 g/mol. The van der Waals surface area contributed by atoms with Crippen LogP contribution in [0.4, 0.5) is 0 Å². The van der Waals surface area contributed by atoms with Crippen molar-refractivity contribution in [1.82, 2.24) is 0 Å². The minimum atomic E-state index is -0.0118. The Morgan fingerprint density at radius 2 is 1.54 bits per heavy atom. The van der Waals surface area contributed by atoms with E-state index in [0.29, 0.717) is 0 Å². The molecule has 1 aliphatic carbocycles. The van der Waals surface area contributed by atoms with Crippen LogP contribution in [-0.2, 0) is 12.8 Å². The molecule has 3 rings (SSSR count). The number of rotatable bonds is 10. The van der Waals surface area contributed by atoms with Gasteiger partial charge in [0.2, 0.25) is 0 Å². The molecule has 0 fully saturated rings. The maximum Gasteiger partial charge on any atom is 0.131 e. The maximum atomic E-state index is 9.31. The van der Waals surface area contributed by atoms with Gasteiger partial charge >= 0.3 is 0 Å². The smallest absolute Gasteiger partial charge is 0.131 e. The fourth-order valence-corrected chi connectivity index (χ4v) is 3.98. The number of aliphatic hydroxyl groups excluding tert-OH is 2. The Morgan fingerprint density at radius 3 is 2.11 bits per heavy atom. The first-order valence-corrected chi connectivity index (χ1v) is 10.4. The van der Waals surface area contributed by atoms with Crippen LogP contribution in [0.1, 0.15) is 44.2 Å². The molecule has 0 spiro atoms. The highest BCUT2D eigenvalue weighted by Gasteiger charge is 2.24. The van der Waals surface area contributed by atoms with Crippen LogP contribution in [0, 0.1) is 5.92 Å². The number of benzene rings is 2. The van der Waals surface area contributed by atoms with Crippen LogP contribution in [-0.4, -0.2) is 36.6 Å². The number of hydrogen-bond acceptors (Lipinski definition) is 4. The van der Waals surface area contributed by atoms with Crippen molar-refractivity contribution in [2.75, 3.05) is 26.4 Å². The predicted octanol–water partition coefficient (Wildman–Crippen LogP) is 4.43. The van der Waals surface area contributed by atoms with Crippen molar-refractivity contribution in [2.24, 2.45) is 5.92 Å². The van der Waals surface area contributed by atoms with Crippen LogP contribution in [0.25, 0.3) is 10.8 Å². The van der Waals surface area contributed by atoms with Gasteiger partial charge in [-0.05, 0) is 31.6 Å². The van der Waals surface area contributed by atoms with Crippen LogP contribution in [0.15, 0.2) is 35.9 Å². The topological polar surface area (TPSA) is 58.9 Å². The van der Waals surface area contributed by atoms with Crippen LogP contribution in [0.2, 0.25) is 0 Å².